The Bertz CT molecular complexity index is 684. The van der Waals surface area contributed by atoms with Gasteiger partial charge in [-0.15, -0.1) is 12.4 Å². The van der Waals surface area contributed by atoms with Gasteiger partial charge in [-0.1, -0.05) is 6.07 Å². The van der Waals surface area contributed by atoms with Crippen molar-refractivity contribution < 1.29 is 14.3 Å². The molecule has 8 heteroatoms. The van der Waals surface area contributed by atoms with Crippen LogP contribution in [-0.4, -0.2) is 60.6 Å². The summed E-state index contributed by atoms with van der Waals surface area (Å²) in [6.07, 6.45) is 3.43. The molecule has 1 aromatic rings. The number of nitriles is 1. The van der Waals surface area contributed by atoms with Crippen LogP contribution in [0, 0.1) is 11.3 Å². The topological polar surface area (TPSA) is 85.7 Å². The molecule has 0 bridgehead atoms. The molecule has 27 heavy (non-hydrogen) atoms. The number of rotatable bonds is 9. The standard InChI is InChI=1S/C19H24N4O3.ClH/c20-14-15-5-3-6-16(13-15)26-12-9-21-8-1-2-10-23-18(24)17-7-4-11-22(17)19(23)25;/h3,5-6,13,17,21H,1-2,4,7-12H2;1H. The van der Waals surface area contributed by atoms with Crippen LogP contribution in [0.3, 0.4) is 0 Å². The van der Waals surface area contributed by atoms with E-state index in [0.29, 0.717) is 37.6 Å². The molecule has 1 N–H and O–H groups in total. The van der Waals surface area contributed by atoms with Crippen LogP contribution in [0.15, 0.2) is 24.3 Å². The van der Waals surface area contributed by atoms with E-state index in [1.54, 1.807) is 23.1 Å². The smallest absolute Gasteiger partial charge is 0.327 e. The fourth-order valence-electron chi connectivity index (χ4n) is 3.43. The van der Waals surface area contributed by atoms with Gasteiger partial charge in [-0.25, -0.2) is 4.79 Å². The first kappa shape index (κ1) is 21.0. The molecule has 2 aliphatic rings. The van der Waals surface area contributed by atoms with Crippen molar-refractivity contribution in [2.45, 2.75) is 31.7 Å². The van der Waals surface area contributed by atoms with Crippen molar-refractivity contribution in [2.24, 2.45) is 0 Å². The zero-order chi connectivity index (χ0) is 18.4. The summed E-state index contributed by atoms with van der Waals surface area (Å²) in [6.45, 7) is 3.25. The van der Waals surface area contributed by atoms with Crippen LogP contribution in [0.5, 0.6) is 5.75 Å². The Morgan fingerprint density at radius 1 is 1.26 bits per heavy atom. The molecule has 0 radical (unpaired) electrons. The first-order valence-electron chi connectivity index (χ1n) is 9.16. The monoisotopic (exact) mass is 392 g/mol. The van der Waals surface area contributed by atoms with Crippen molar-refractivity contribution in [3.8, 4) is 11.8 Å². The Morgan fingerprint density at radius 2 is 2.11 bits per heavy atom. The molecule has 3 amide bonds. The molecule has 2 saturated heterocycles. The fourth-order valence-corrected chi connectivity index (χ4v) is 3.43. The van der Waals surface area contributed by atoms with E-state index in [4.69, 9.17) is 10.00 Å². The van der Waals surface area contributed by atoms with Gasteiger partial charge in [0.15, 0.2) is 0 Å². The minimum absolute atomic E-state index is 0. The van der Waals surface area contributed by atoms with Crippen molar-refractivity contribution in [1.29, 1.82) is 5.26 Å². The van der Waals surface area contributed by atoms with Crippen LogP contribution in [-0.2, 0) is 4.79 Å². The molecule has 0 aromatic heterocycles. The zero-order valence-corrected chi connectivity index (χ0v) is 16.0. The van der Waals surface area contributed by atoms with Gasteiger partial charge in [0.05, 0.1) is 11.6 Å². The lowest BCUT2D eigenvalue weighted by Crippen LogP contribution is -2.34. The minimum atomic E-state index is -0.197. The van der Waals surface area contributed by atoms with E-state index in [1.165, 1.54) is 4.90 Å². The summed E-state index contributed by atoms with van der Waals surface area (Å²) in [7, 11) is 0. The van der Waals surface area contributed by atoms with Crippen LogP contribution in [0.1, 0.15) is 31.2 Å². The number of imide groups is 1. The number of carbonyl (C=O) groups is 2. The first-order chi connectivity index (χ1) is 12.7. The molecule has 7 nitrogen and oxygen atoms in total. The van der Waals surface area contributed by atoms with E-state index in [9.17, 15) is 9.59 Å². The van der Waals surface area contributed by atoms with Crippen LogP contribution in [0.4, 0.5) is 4.79 Å². The second-order valence-electron chi connectivity index (χ2n) is 6.57. The molecule has 2 heterocycles. The van der Waals surface area contributed by atoms with Gasteiger partial charge in [0.1, 0.15) is 18.4 Å². The number of ether oxygens (including phenoxy) is 1. The predicted octanol–water partition coefficient (Wildman–Crippen LogP) is 2.16. The number of fused-ring (bicyclic) bond motifs is 1. The van der Waals surface area contributed by atoms with Crippen molar-refractivity contribution in [3.05, 3.63) is 29.8 Å². The third-order valence-corrected chi connectivity index (χ3v) is 4.78. The Balaban J connectivity index is 0.00000261. The molecule has 3 rings (SSSR count). The summed E-state index contributed by atoms with van der Waals surface area (Å²) >= 11 is 0. The SMILES string of the molecule is Cl.N#Cc1cccc(OCCNCCCCN2C(=O)C3CCCN3C2=O)c1. The van der Waals surface area contributed by atoms with Gasteiger partial charge in [0.2, 0.25) is 0 Å². The maximum absolute atomic E-state index is 12.2. The molecule has 1 aromatic carbocycles. The Kier molecular flexibility index (Phi) is 7.89. The molecule has 2 aliphatic heterocycles. The van der Waals surface area contributed by atoms with Gasteiger partial charge in [0, 0.05) is 19.6 Å². The number of hydrogen-bond donors (Lipinski definition) is 1. The highest BCUT2D eigenvalue weighted by Gasteiger charge is 2.46. The second kappa shape index (κ2) is 10.1. The Labute approximate surface area is 165 Å². The van der Waals surface area contributed by atoms with E-state index in [0.717, 1.165) is 32.2 Å². The molecule has 1 unspecified atom stereocenters. The number of nitrogens with zero attached hydrogens (tertiary/aromatic N) is 3. The number of unbranched alkanes of at least 4 members (excludes halogenated alkanes) is 1. The summed E-state index contributed by atoms with van der Waals surface area (Å²) in [5, 5.41) is 12.1. The lowest BCUT2D eigenvalue weighted by Gasteiger charge is -2.15. The van der Waals surface area contributed by atoms with Crippen molar-refractivity contribution in [2.75, 3.05) is 32.8 Å². The van der Waals surface area contributed by atoms with Crippen molar-refractivity contribution >= 4 is 24.3 Å². The largest absolute Gasteiger partial charge is 0.492 e. The van der Waals surface area contributed by atoms with Gasteiger partial charge in [-0.2, -0.15) is 5.26 Å². The molecule has 0 aliphatic carbocycles. The summed E-state index contributed by atoms with van der Waals surface area (Å²) in [6, 6.07) is 8.86. The van der Waals surface area contributed by atoms with Gasteiger partial charge in [-0.05, 0) is 50.4 Å². The zero-order valence-electron chi connectivity index (χ0n) is 15.2. The van der Waals surface area contributed by atoms with E-state index in [2.05, 4.69) is 11.4 Å². The average Bonchev–Trinajstić information content (AvgIpc) is 3.23. The van der Waals surface area contributed by atoms with E-state index in [1.807, 2.05) is 6.07 Å². The third-order valence-electron chi connectivity index (χ3n) is 4.78. The Hall–Kier alpha value is -2.30. The number of urea groups is 1. The molecule has 2 fully saturated rings. The summed E-state index contributed by atoms with van der Waals surface area (Å²) < 4.78 is 5.59. The minimum Gasteiger partial charge on any atom is -0.492 e. The lowest BCUT2D eigenvalue weighted by atomic mass is 10.2. The number of halogens is 1. The van der Waals surface area contributed by atoms with Crippen LogP contribution in [0.2, 0.25) is 0 Å². The molecule has 146 valence electrons. The van der Waals surface area contributed by atoms with Crippen molar-refractivity contribution in [1.82, 2.24) is 15.1 Å². The van der Waals surface area contributed by atoms with Gasteiger partial charge in [0.25, 0.3) is 5.91 Å². The molecule has 0 spiro atoms. The molecular formula is C19H25ClN4O3. The average molecular weight is 393 g/mol. The number of hydrogen-bond acceptors (Lipinski definition) is 5. The molecule has 0 saturated carbocycles. The highest BCUT2D eigenvalue weighted by atomic mass is 35.5. The van der Waals surface area contributed by atoms with Crippen LogP contribution in [0.25, 0.3) is 0 Å². The van der Waals surface area contributed by atoms with Crippen LogP contribution >= 0.6 is 12.4 Å². The number of carbonyl (C=O) groups excluding carboxylic acids is 2. The predicted molar refractivity (Wildman–Crippen MR) is 103 cm³/mol. The number of nitrogens with one attached hydrogen (secondary N) is 1. The van der Waals surface area contributed by atoms with E-state index < -0.39 is 0 Å². The maximum Gasteiger partial charge on any atom is 0.327 e. The van der Waals surface area contributed by atoms with E-state index >= 15 is 0 Å². The Morgan fingerprint density at radius 3 is 2.89 bits per heavy atom. The highest BCUT2D eigenvalue weighted by Crippen LogP contribution is 2.27. The van der Waals surface area contributed by atoms with E-state index in [-0.39, 0.29) is 30.4 Å². The first-order valence-corrected chi connectivity index (χ1v) is 9.16. The number of amides is 3. The van der Waals surface area contributed by atoms with Crippen LogP contribution < -0.4 is 10.1 Å². The van der Waals surface area contributed by atoms with Gasteiger partial charge in [-0.3, -0.25) is 9.69 Å². The second-order valence-corrected chi connectivity index (χ2v) is 6.57. The fraction of sp³-hybridized carbons (Fsp3) is 0.526. The summed E-state index contributed by atoms with van der Waals surface area (Å²) in [5.74, 6) is 0.672. The summed E-state index contributed by atoms with van der Waals surface area (Å²) in [4.78, 5) is 27.5. The third kappa shape index (κ3) is 5.12. The lowest BCUT2D eigenvalue weighted by molar-refractivity contribution is -0.128. The maximum atomic E-state index is 12.2. The van der Waals surface area contributed by atoms with Gasteiger partial charge < -0.3 is 15.0 Å². The summed E-state index contributed by atoms with van der Waals surface area (Å²) in [5.41, 5.74) is 0.585. The van der Waals surface area contributed by atoms with Crippen molar-refractivity contribution in [3.63, 3.8) is 0 Å². The number of benzene rings is 1. The molecule has 1 atom stereocenters. The normalized spacial score (nSPS) is 18.3. The van der Waals surface area contributed by atoms with Gasteiger partial charge >= 0.3 is 6.03 Å². The quantitative estimate of drug-likeness (QED) is 0.514. The molecular weight excluding hydrogens is 368 g/mol. The highest BCUT2D eigenvalue weighted by molar-refractivity contribution is 6.04.